The molecule has 1 heterocycles. The number of carbonyl (C=O) groups is 1. The highest BCUT2D eigenvalue weighted by molar-refractivity contribution is 7.98. The Hall–Kier alpha value is -0.520. The molecule has 16 heavy (non-hydrogen) atoms. The van der Waals surface area contributed by atoms with Crippen LogP contribution in [-0.4, -0.2) is 29.1 Å². The quantitative estimate of drug-likeness (QED) is 0.790. The Balaban J connectivity index is 2.42. The second-order valence-electron chi connectivity index (χ2n) is 3.64. The maximum atomic E-state index is 10.9. The second-order valence-corrected chi connectivity index (χ2v) is 5.55. The molecule has 1 rings (SSSR count). The summed E-state index contributed by atoms with van der Waals surface area (Å²) in [5, 5.41) is 14.1. The lowest BCUT2D eigenvalue weighted by Gasteiger charge is -2.12. The third-order valence-corrected chi connectivity index (χ3v) is 3.93. The Morgan fingerprint density at radius 2 is 2.44 bits per heavy atom. The van der Waals surface area contributed by atoms with Gasteiger partial charge in [-0.3, -0.25) is 0 Å². The standard InChI is InChI=1S/C11H17NO2S2/c1-8(3-5-15-2)12-7-9-4-6-16-10(9)11(13)14/h4,6,8,12H,3,5,7H2,1-2H3,(H,13,14). The summed E-state index contributed by atoms with van der Waals surface area (Å²) >= 11 is 3.11. The average Bonchev–Trinajstić information content (AvgIpc) is 2.71. The molecule has 0 fully saturated rings. The van der Waals surface area contributed by atoms with Crippen LogP contribution < -0.4 is 5.32 Å². The Morgan fingerprint density at radius 1 is 1.69 bits per heavy atom. The topological polar surface area (TPSA) is 49.3 Å². The van der Waals surface area contributed by atoms with Crippen molar-refractivity contribution in [1.82, 2.24) is 5.32 Å². The molecule has 3 nitrogen and oxygen atoms in total. The van der Waals surface area contributed by atoms with Crippen molar-refractivity contribution in [1.29, 1.82) is 0 Å². The van der Waals surface area contributed by atoms with Crippen molar-refractivity contribution < 1.29 is 9.90 Å². The fourth-order valence-electron chi connectivity index (χ4n) is 1.34. The maximum absolute atomic E-state index is 10.9. The molecule has 0 bridgehead atoms. The molecule has 2 N–H and O–H groups in total. The van der Waals surface area contributed by atoms with E-state index in [-0.39, 0.29) is 0 Å². The van der Waals surface area contributed by atoms with E-state index in [1.165, 1.54) is 11.3 Å². The molecule has 1 aromatic rings. The van der Waals surface area contributed by atoms with E-state index in [1.54, 1.807) is 0 Å². The lowest BCUT2D eigenvalue weighted by atomic mass is 10.2. The van der Waals surface area contributed by atoms with Gasteiger partial charge in [0.1, 0.15) is 4.88 Å². The number of nitrogens with one attached hydrogen (secondary N) is 1. The van der Waals surface area contributed by atoms with Gasteiger partial charge in [-0.15, -0.1) is 11.3 Å². The minimum absolute atomic E-state index is 0.425. The maximum Gasteiger partial charge on any atom is 0.346 e. The van der Waals surface area contributed by atoms with Gasteiger partial charge in [-0.05, 0) is 42.4 Å². The highest BCUT2D eigenvalue weighted by Crippen LogP contribution is 2.16. The van der Waals surface area contributed by atoms with Crippen molar-refractivity contribution in [3.8, 4) is 0 Å². The van der Waals surface area contributed by atoms with Crippen LogP contribution in [0.5, 0.6) is 0 Å². The molecule has 0 amide bonds. The van der Waals surface area contributed by atoms with Crippen LogP contribution >= 0.6 is 23.1 Å². The van der Waals surface area contributed by atoms with E-state index in [9.17, 15) is 4.79 Å². The van der Waals surface area contributed by atoms with Crippen LogP contribution in [0.3, 0.4) is 0 Å². The number of aromatic carboxylic acids is 1. The summed E-state index contributed by atoms with van der Waals surface area (Å²) in [7, 11) is 0. The second kappa shape index (κ2) is 6.93. The van der Waals surface area contributed by atoms with Gasteiger partial charge in [0.05, 0.1) is 0 Å². The van der Waals surface area contributed by atoms with Crippen LogP contribution in [0.15, 0.2) is 11.4 Å². The minimum Gasteiger partial charge on any atom is -0.477 e. The lowest BCUT2D eigenvalue weighted by molar-refractivity contribution is 0.0701. The normalized spacial score (nSPS) is 12.6. The van der Waals surface area contributed by atoms with Crippen LogP contribution in [0.25, 0.3) is 0 Å². The molecule has 0 saturated carbocycles. The van der Waals surface area contributed by atoms with E-state index in [0.717, 1.165) is 17.7 Å². The molecule has 1 aromatic heterocycles. The average molecular weight is 259 g/mol. The molecule has 90 valence electrons. The monoisotopic (exact) mass is 259 g/mol. The number of thioether (sulfide) groups is 1. The first-order valence-corrected chi connectivity index (χ1v) is 7.44. The lowest BCUT2D eigenvalue weighted by Crippen LogP contribution is -2.26. The van der Waals surface area contributed by atoms with E-state index in [2.05, 4.69) is 18.5 Å². The van der Waals surface area contributed by atoms with Crippen LogP contribution in [-0.2, 0) is 6.54 Å². The molecule has 0 aliphatic heterocycles. The van der Waals surface area contributed by atoms with Gasteiger partial charge in [-0.25, -0.2) is 4.79 Å². The molecular formula is C11H17NO2S2. The van der Waals surface area contributed by atoms with E-state index in [4.69, 9.17) is 5.11 Å². The summed E-state index contributed by atoms with van der Waals surface area (Å²) in [5.41, 5.74) is 0.883. The zero-order valence-electron chi connectivity index (χ0n) is 9.53. The molecule has 5 heteroatoms. The number of rotatable bonds is 7. The molecule has 0 spiro atoms. The Labute approximate surface area is 104 Å². The van der Waals surface area contributed by atoms with E-state index >= 15 is 0 Å². The van der Waals surface area contributed by atoms with Crippen molar-refractivity contribution in [2.75, 3.05) is 12.0 Å². The summed E-state index contributed by atoms with van der Waals surface area (Å²) in [4.78, 5) is 11.3. The van der Waals surface area contributed by atoms with Crippen molar-refractivity contribution in [2.24, 2.45) is 0 Å². The number of carboxylic acid groups (broad SMARTS) is 1. The van der Waals surface area contributed by atoms with Crippen LogP contribution in [0.1, 0.15) is 28.6 Å². The van der Waals surface area contributed by atoms with Gasteiger partial charge < -0.3 is 10.4 Å². The third kappa shape index (κ3) is 4.15. The Morgan fingerprint density at radius 3 is 3.06 bits per heavy atom. The Kier molecular flexibility index (Phi) is 5.87. The number of carboxylic acids is 1. The van der Waals surface area contributed by atoms with Gasteiger partial charge in [0, 0.05) is 12.6 Å². The predicted molar refractivity (Wildman–Crippen MR) is 70.6 cm³/mol. The van der Waals surface area contributed by atoms with Gasteiger partial charge in [-0.2, -0.15) is 11.8 Å². The zero-order valence-corrected chi connectivity index (χ0v) is 11.2. The number of hydrogen-bond acceptors (Lipinski definition) is 4. The Bertz CT molecular complexity index is 338. The zero-order chi connectivity index (χ0) is 12.0. The summed E-state index contributed by atoms with van der Waals surface area (Å²) in [5.74, 6) is 0.299. The van der Waals surface area contributed by atoms with Crippen molar-refractivity contribution >= 4 is 29.1 Å². The molecule has 0 radical (unpaired) electrons. The third-order valence-electron chi connectivity index (χ3n) is 2.34. The van der Waals surface area contributed by atoms with Crippen LogP contribution in [0, 0.1) is 0 Å². The van der Waals surface area contributed by atoms with Gasteiger partial charge in [0.15, 0.2) is 0 Å². The van der Waals surface area contributed by atoms with Crippen LogP contribution in [0.2, 0.25) is 0 Å². The van der Waals surface area contributed by atoms with Gasteiger partial charge in [0.25, 0.3) is 0 Å². The van der Waals surface area contributed by atoms with Gasteiger partial charge in [-0.1, -0.05) is 0 Å². The minimum atomic E-state index is -0.830. The largest absolute Gasteiger partial charge is 0.477 e. The first kappa shape index (κ1) is 13.5. The number of thiophene rings is 1. The molecule has 1 atom stereocenters. The first-order chi connectivity index (χ1) is 7.65. The molecule has 1 unspecified atom stereocenters. The van der Waals surface area contributed by atoms with E-state index in [1.807, 2.05) is 23.2 Å². The smallest absolute Gasteiger partial charge is 0.346 e. The molecular weight excluding hydrogens is 242 g/mol. The molecule has 0 aliphatic carbocycles. The highest BCUT2D eigenvalue weighted by atomic mass is 32.2. The van der Waals surface area contributed by atoms with E-state index in [0.29, 0.717) is 17.5 Å². The highest BCUT2D eigenvalue weighted by Gasteiger charge is 2.11. The molecule has 0 saturated heterocycles. The fourth-order valence-corrected chi connectivity index (χ4v) is 2.69. The SMILES string of the molecule is CSCCC(C)NCc1ccsc1C(=O)O. The van der Waals surface area contributed by atoms with Gasteiger partial charge >= 0.3 is 5.97 Å². The summed E-state index contributed by atoms with van der Waals surface area (Å²) in [6, 6.07) is 2.30. The molecule has 0 aromatic carbocycles. The van der Waals surface area contributed by atoms with Crippen LogP contribution in [0.4, 0.5) is 0 Å². The summed E-state index contributed by atoms with van der Waals surface area (Å²) in [6.07, 6.45) is 3.20. The predicted octanol–water partition coefficient (Wildman–Crippen LogP) is 2.68. The van der Waals surface area contributed by atoms with E-state index < -0.39 is 5.97 Å². The van der Waals surface area contributed by atoms with Crippen molar-refractivity contribution in [3.05, 3.63) is 21.9 Å². The number of hydrogen-bond donors (Lipinski definition) is 2. The first-order valence-electron chi connectivity index (χ1n) is 5.17. The fraction of sp³-hybridized carbons (Fsp3) is 0.545. The summed E-state index contributed by atoms with van der Waals surface area (Å²) in [6.45, 7) is 2.77. The summed E-state index contributed by atoms with van der Waals surface area (Å²) < 4.78 is 0. The van der Waals surface area contributed by atoms with Gasteiger partial charge in [0.2, 0.25) is 0 Å². The van der Waals surface area contributed by atoms with Crippen molar-refractivity contribution in [2.45, 2.75) is 25.9 Å². The van der Waals surface area contributed by atoms with Crippen molar-refractivity contribution in [3.63, 3.8) is 0 Å². The molecule has 0 aliphatic rings.